The summed E-state index contributed by atoms with van der Waals surface area (Å²) in [7, 11) is 0. The molecule has 2 rings (SSSR count). The van der Waals surface area contributed by atoms with Crippen molar-refractivity contribution in [2.45, 2.75) is 76.4 Å². The summed E-state index contributed by atoms with van der Waals surface area (Å²) in [5.41, 5.74) is 0.366. The van der Waals surface area contributed by atoms with Crippen molar-refractivity contribution in [2.75, 3.05) is 6.61 Å². The van der Waals surface area contributed by atoms with Crippen LogP contribution in [0.25, 0.3) is 0 Å². The van der Waals surface area contributed by atoms with Crippen molar-refractivity contribution in [1.29, 1.82) is 0 Å². The summed E-state index contributed by atoms with van der Waals surface area (Å²) in [6, 6.07) is 10.4. The van der Waals surface area contributed by atoms with Gasteiger partial charge in [-0.3, -0.25) is 4.79 Å². The summed E-state index contributed by atoms with van der Waals surface area (Å²) in [4.78, 5) is 11.7. The van der Waals surface area contributed by atoms with Crippen molar-refractivity contribution in [3.8, 4) is 0 Å². The van der Waals surface area contributed by atoms with Gasteiger partial charge in [0.2, 0.25) is 0 Å². The Labute approximate surface area is 163 Å². The van der Waals surface area contributed by atoms with Crippen LogP contribution in [0.4, 0.5) is 0 Å². The second-order valence-corrected chi connectivity index (χ2v) is 7.75. The third-order valence-corrected chi connectivity index (χ3v) is 5.30. The van der Waals surface area contributed by atoms with Crippen LogP contribution < -0.4 is 0 Å². The zero-order valence-electron chi connectivity index (χ0n) is 16.5. The highest BCUT2D eigenvalue weighted by Gasteiger charge is 2.35. The van der Waals surface area contributed by atoms with Crippen molar-refractivity contribution < 1.29 is 19.7 Å². The summed E-state index contributed by atoms with van der Waals surface area (Å²) in [6.07, 6.45) is 10.4. The second kappa shape index (κ2) is 11.3. The molecule has 2 N–H and O–H groups in total. The predicted octanol–water partition coefficient (Wildman–Crippen LogP) is 4.19. The number of benzene rings is 1. The highest BCUT2D eigenvalue weighted by atomic mass is 16.5. The number of hydrogen-bond acceptors (Lipinski definition) is 4. The Kier molecular flexibility index (Phi) is 9.02. The van der Waals surface area contributed by atoms with E-state index in [1.807, 2.05) is 18.2 Å². The van der Waals surface area contributed by atoms with Crippen LogP contribution in [0.1, 0.15) is 63.9 Å². The number of carbonyl (C=O) groups excluding carboxylic acids is 1. The van der Waals surface area contributed by atoms with Gasteiger partial charge in [0, 0.05) is 0 Å². The SMILES string of the molecule is CCOC(=O)C[C@]1(O)CCC[C@H](/C=C/[C@@H](O)CCCCc2ccccc2)C1. The summed E-state index contributed by atoms with van der Waals surface area (Å²) < 4.78 is 4.97. The minimum atomic E-state index is -0.972. The molecule has 1 saturated carbocycles. The van der Waals surface area contributed by atoms with Gasteiger partial charge < -0.3 is 14.9 Å². The molecule has 0 heterocycles. The lowest BCUT2D eigenvalue weighted by atomic mass is 9.76. The van der Waals surface area contributed by atoms with Gasteiger partial charge in [0.15, 0.2) is 0 Å². The van der Waals surface area contributed by atoms with E-state index in [1.165, 1.54) is 5.56 Å². The van der Waals surface area contributed by atoms with Gasteiger partial charge in [0.1, 0.15) is 0 Å². The van der Waals surface area contributed by atoms with Crippen LogP contribution in [0.3, 0.4) is 0 Å². The molecule has 0 aliphatic heterocycles. The first kappa shape index (κ1) is 21.6. The van der Waals surface area contributed by atoms with E-state index in [2.05, 4.69) is 24.3 Å². The lowest BCUT2D eigenvalue weighted by Gasteiger charge is -2.35. The molecule has 4 nitrogen and oxygen atoms in total. The van der Waals surface area contributed by atoms with Crippen molar-refractivity contribution >= 4 is 5.97 Å². The molecule has 0 bridgehead atoms. The molecule has 1 aromatic rings. The average Bonchev–Trinajstić information content (AvgIpc) is 2.64. The van der Waals surface area contributed by atoms with Gasteiger partial charge in [-0.2, -0.15) is 0 Å². The normalized spacial score (nSPS) is 24.0. The van der Waals surface area contributed by atoms with Crippen LogP contribution in [-0.4, -0.2) is 34.5 Å². The van der Waals surface area contributed by atoms with E-state index in [0.717, 1.165) is 38.5 Å². The Morgan fingerprint density at radius 2 is 2.11 bits per heavy atom. The quantitative estimate of drug-likeness (QED) is 0.366. The highest BCUT2D eigenvalue weighted by Crippen LogP contribution is 2.35. The number of aryl methyl sites for hydroxylation is 1. The van der Waals surface area contributed by atoms with Crippen LogP contribution in [0.15, 0.2) is 42.5 Å². The molecule has 0 unspecified atom stereocenters. The zero-order chi connectivity index (χ0) is 19.5. The molecule has 27 heavy (non-hydrogen) atoms. The first-order valence-corrected chi connectivity index (χ1v) is 10.3. The molecule has 0 saturated heterocycles. The number of hydrogen-bond donors (Lipinski definition) is 2. The van der Waals surface area contributed by atoms with Gasteiger partial charge >= 0.3 is 5.97 Å². The first-order valence-electron chi connectivity index (χ1n) is 10.3. The Balaban J connectivity index is 1.69. The van der Waals surface area contributed by atoms with Crippen molar-refractivity contribution in [3.63, 3.8) is 0 Å². The van der Waals surface area contributed by atoms with E-state index in [-0.39, 0.29) is 18.3 Å². The fourth-order valence-electron chi connectivity index (χ4n) is 3.90. The molecule has 3 atom stereocenters. The smallest absolute Gasteiger partial charge is 0.308 e. The minimum absolute atomic E-state index is 0.0627. The fourth-order valence-corrected chi connectivity index (χ4v) is 3.90. The third kappa shape index (κ3) is 8.27. The van der Waals surface area contributed by atoms with Crippen molar-refractivity contribution in [2.24, 2.45) is 5.92 Å². The largest absolute Gasteiger partial charge is 0.466 e. The standard InChI is InChI=1S/C23H34O4/c1-2-27-22(25)18-23(26)16-8-12-20(17-23)14-15-21(24)13-7-6-11-19-9-4-3-5-10-19/h3-5,9-10,14-15,20-21,24,26H,2,6-8,11-13,16-18H2,1H3/b15-14+/t20-,21+,23+/m1/s1. The highest BCUT2D eigenvalue weighted by molar-refractivity contribution is 5.70. The number of carbonyl (C=O) groups is 1. The maximum Gasteiger partial charge on any atom is 0.308 e. The Hall–Kier alpha value is -1.65. The number of ether oxygens (including phenoxy) is 1. The number of rotatable bonds is 10. The molecule has 0 radical (unpaired) electrons. The Morgan fingerprint density at radius 1 is 1.33 bits per heavy atom. The number of esters is 1. The van der Waals surface area contributed by atoms with Gasteiger partial charge in [-0.05, 0) is 63.4 Å². The van der Waals surface area contributed by atoms with Crippen LogP contribution in [0, 0.1) is 5.92 Å². The van der Waals surface area contributed by atoms with Gasteiger partial charge in [-0.1, -0.05) is 48.9 Å². The molecule has 0 spiro atoms. The summed E-state index contributed by atoms with van der Waals surface area (Å²) in [6.45, 7) is 2.12. The number of aliphatic hydroxyl groups is 2. The van der Waals surface area contributed by atoms with Crippen molar-refractivity contribution in [3.05, 3.63) is 48.0 Å². The van der Waals surface area contributed by atoms with Crippen molar-refractivity contribution in [1.82, 2.24) is 0 Å². The number of allylic oxidation sites excluding steroid dienone is 1. The second-order valence-electron chi connectivity index (χ2n) is 7.75. The van der Waals surface area contributed by atoms with Gasteiger partial charge in [0.25, 0.3) is 0 Å². The fraction of sp³-hybridized carbons (Fsp3) is 0.609. The van der Waals surface area contributed by atoms with E-state index in [1.54, 1.807) is 6.92 Å². The predicted molar refractivity (Wildman–Crippen MR) is 107 cm³/mol. The third-order valence-electron chi connectivity index (χ3n) is 5.30. The zero-order valence-corrected chi connectivity index (χ0v) is 16.5. The molecule has 1 aromatic carbocycles. The van der Waals surface area contributed by atoms with Crippen LogP contribution in [-0.2, 0) is 16.0 Å². The Morgan fingerprint density at radius 3 is 2.85 bits per heavy atom. The molecule has 1 aliphatic carbocycles. The maximum absolute atomic E-state index is 11.7. The van der Waals surface area contributed by atoms with Gasteiger partial charge in [-0.25, -0.2) is 0 Å². The molecule has 4 heteroatoms. The monoisotopic (exact) mass is 374 g/mol. The molecule has 0 aromatic heterocycles. The average molecular weight is 375 g/mol. The maximum atomic E-state index is 11.7. The molecule has 150 valence electrons. The topological polar surface area (TPSA) is 66.8 Å². The van der Waals surface area contributed by atoms with Crippen LogP contribution in [0.2, 0.25) is 0 Å². The van der Waals surface area contributed by atoms with E-state index in [4.69, 9.17) is 4.74 Å². The summed E-state index contributed by atoms with van der Waals surface area (Å²) >= 11 is 0. The molecule has 0 amide bonds. The van der Waals surface area contributed by atoms with E-state index in [0.29, 0.717) is 19.4 Å². The van der Waals surface area contributed by atoms with E-state index in [9.17, 15) is 15.0 Å². The molecular formula is C23H34O4. The molecule has 1 aliphatic rings. The molecular weight excluding hydrogens is 340 g/mol. The minimum Gasteiger partial charge on any atom is -0.466 e. The van der Waals surface area contributed by atoms with Gasteiger partial charge in [-0.15, -0.1) is 0 Å². The number of aliphatic hydroxyl groups excluding tert-OH is 1. The number of unbranched alkanes of at least 4 members (excludes halogenated alkanes) is 1. The van der Waals surface area contributed by atoms with Crippen LogP contribution >= 0.6 is 0 Å². The van der Waals surface area contributed by atoms with Crippen LogP contribution in [0.5, 0.6) is 0 Å². The summed E-state index contributed by atoms with van der Waals surface area (Å²) in [5.74, 6) is -0.125. The van der Waals surface area contributed by atoms with E-state index < -0.39 is 11.7 Å². The Bertz CT molecular complexity index is 583. The summed E-state index contributed by atoms with van der Waals surface area (Å²) in [5, 5.41) is 20.9. The first-order chi connectivity index (χ1) is 13.0. The van der Waals surface area contributed by atoms with E-state index >= 15 is 0 Å². The molecule has 1 fully saturated rings. The van der Waals surface area contributed by atoms with Gasteiger partial charge in [0.05, 0.1) is 24.7 Å². The lowest BCUT2D eigenvalue weighted by molar-refractivity contribution is -0.150. The lowest BCUT2D eigenvalue weighted by Crippen LogP contribution is -2.37.